The van der Waals surface area contributed by atoms with Crippen LogP contribution in [0.15, 0.2) is 10.7 Å². The van der Waals surface area contributed by atoms with Crippen molar-refractivity contribution >= 4 is 21.7 Å². The van der Waals surface area contributed by atoms with Crippen molar-refractivity contribution in [1.29, 1.82) is 0 Å². The van der Waals surface area contributed by atoms with Gasteiger partial charge in [-0.15, -0.1) is 0 Å². The lowest BCUT2D eigenvalue weighted by molar-refractivity contribution is 0.244. The van der Waals surface area contributed by atoms with E-state index in [1.54, 1.807) is 0 Å². The Morgan fingerprint density at radius 3 is 2.95 bits per heavy atom. The number of hydrogen-bond donors (Lipinski definition) is 1. The Hall–Kier alpha value is -0.680. The lowest BCUT2D eigenvalue weighted by Crippen LogP contribution is -2.36. The molecule has 5 heteroatoms. The third-order valence-corrected chi connectivity index (χ3v) is 4.00. The summed E-state index contributed by atoms with van der Waals surface area (Å²) in [6.07, 6.45) is 3.27. The van der Waals surface area contributed by atoms with E-state index in [2.05, 4.69) is 44.6 Å². The van der Waals surface area contributed by atoms with E-state index in [1.807, 2.05) is 6.07 Å². The van der Waals surface area contributed by atoms with Crippen molar-refractivity contribution in [2.45, 2.75) is 39.0 Å². The highest BCUT2D eigenvalue weighted by atomic mass is 79.9. The predicted octanol–water partition coefficient (Wildman–Crippen LogP) is 2.96. The highest BCUT2D eigenvalue weighted by Crippen LogP contribution is 2.26. The standard InChI is InChI=1S/C14H22BrN3O/c1-10(2)14-16-12(15)8-13(17-14)18-6-3-4-11(9-18)5-7-19/h8,10-11,19H,3-7,9H2,1-2H3. The molecule has 106 valence electrons. The Morgan fingerprint density at radius 1 is 1.47 bits per heavy atom. The number of aromatic nitrogens is 2. The molecule has 1 aliphatic rings. The molecule has 19 heavy (non-hydrogen) atoms. The highest BCUT2D eigenvalue weighted by molar-refractivity contribution is 9.10. The molecule has 0 amide bonds. The average Bonchev–Trinajstić information content (AvgIpc) is 2.38. The molecule has 2 heterocycles. The molecule has 2 rings (SSSR count). The van der Waals surface area contributed by atoms with Crippen molar-refractivity contribution in [1.82, 2.24) is 9.97 Å². The molecule has 1 fully saturated rings. The van der Waals surface area contributed by atoms with Gasteiger partial charge >= 0.3 is 0 Å². The fraction of sp³-hybridized carbons (Fsp3) is 0.714. The van der Waals surface area contributed by atoms with Crippen molar-refractivity contribution < 1.29 is 5.11 Å². The van der Waals surface area contributed by atoms with Crippen molar-refractivity contribution in [3.63, 3.8) is 0 Å². The lowest BCUT2D eigenvalue weighted by Gasteiger charge is -2.33. The third-order valence-electron chi connectivity index (χ3n) is 3.60. The molecule has 1 saturated heterocycles. The first-order chi connectivity index (χ1) is 9.10. The van der Waals surface area contributed by atoms with E-state index in [9.17, 15) is 0 Å². The first-order valence-corrected chi connectivity index (χ1v) is 7.79. The number of halogens is 1. The molecule has 1 aromatic heterocycles. The topological polar surface area (TPSA) is 49.2 Å². The van der Waals surface area contributed by atoms with Crippen LogP contribution in [-0.4, -0.2) is 34.8 Å². The van der Waals surface area contributed by atoms with Crippen molar-refractivity contribution in [3.8, 4) is 0 Å². The Bertz CT molecular complexity index is 423. The molecule has 0 saturated carbocycles. The summed E-state index contributed by atoms with van der Waals surface area (Å²) in [4.78, 5) is 11.4. The van der Waals surface area contributed by atoms with E-state index in [-0.39, 0.29) is 6.61 Å². The molecule has 1 N–H and O–H groups in total. The average molecular weight is 328 g/mol. The van der Waals surface area contributed by atoms with Gasteiger partial charge in [-0.2, -0.15) is 0 Å². The molecule has 1 atom stereocenters. The van der Waals surface area contributed by atoms with Crippen LogP contribution in [0.2, 0.25) is 0 Å². The maximum absolute atomic E-state index is 9.08. The van der Waals surface area contributed by atoms with Crippen molar-refractivity contribution in [2.75, 3.05) is 24.6 Å². The molecule has 0 spiro atoms. The quantitative estimate of drug-likeness (QED) is 0.864. The zero-order chi connectivity index (χ0) is 13.8. The molecule has 1 aromatic rings. The molecule has 0 bridgehead atoms. The predicted molar refractivity (Wildman–Crippen MR) is 80.5 cm³/mol. The molecular formula is C14H22BrN3O. The summed E-state index contributed by atoms with van der Waals surface area (Å²) in [5, 5.41) is 9.08. The number of hydrogen-bond acceptors (Lipinski definition) is 4. The summed E-state index contributed by atoms with van der Waals surface area (Å²) in [7, 11) is 0. The number of nitrogens with zero attached hydrogens (tertiary/aromatic N) is 3. The fourth-order valence-electron chi connectivity index (χ4n) is 2.53. The van der Waals surface area contributed by atoms with E-state index in [4.69, 9.17) is 5.11 Å². The Kier molecular flexibility index (Phi) is 5.16. The summed E-state index contributed by atoms with van der Waals surface area (Å²) in [6, 6.07) is 1.99. The summed E-state index contributed by atoms with van der Waals surface area (Å²) in [5.74, 6) is 2.80. The minimum atomic E-state index is 0.281. The van der Waals surface area contributed by atoms with Crippen LogP contribution in [0.3, 0.4) is 0 Å². The lowest BCUT2D eigenvalue weighted by atomic mass is 9.95. The normalized spacial score (nSPS) is 20.1. The van der Waals surface area contributed by atoms with Gasteiger partial charge in [0, 0.05) is 31.7 Å². The van der Waals surface area contributed by atoms with Crippen LogP contribution in [0.5, 0.6) is 0 Å². The molecule has 4 nitrogen and oxygen atoms in total. The second-order valence-electron chi connectivity index (χ2n) is 5.53. The number of aliphatic hydroxyl groups is 1. The Balaban J connectivity index is 2.16. The van der Waals surface area contributed by atoms with Gasteiger partial charge in [0.15, 0.2) is 0 Å². The zero-order valence-corrected chi connectivity index (χ0v) is 13.2. The molecular weight excluding hydrogens is 306 g/mol. The Labute approximate surface area is 123 Å². The van der Waals surface area contributed by atoms with Crippen molar-refractivity contribution in [3.05, 3.63) is 16.5 Å². The van der Waals surface area contributed by atoms with Crippen LogP contribution >= 0.6 is 15.9 Å². The van der Waals surface area contributed by atoms with E-state index in [0.717, 1.165) is 35.8 Å². The number of aliphatic hydroxyl groups excluding tert-OH is 1. The molecule has 1 aliphatic heterocycles. The number of piperidine rings is 1. The van der Waals surface area contributed by atoms with Gasteiger partial charge in [0.05, 0.1) is 0 Å². The first-order valence-electron chi connectivity index (χ1n) is 7.00. The maximum atomic E-state index is 9.08. The van der Waals surface area contributed by atoms with Crippen LogP contribution in [0.1, 0.15) is 44.9 Å². The summed E-state index contributed by atoms with van der Waals surface area (Å²) >= 11 is 3.48. The van der Waals surface area contributed by atoms with Gasteiger partial charge in [-0.25, -0.2) is 9.97 Å². The van der Waals surface area contributed by atoms with E-state index >= 15 is 0 Å². The van der Waals surface area contributed by atoms with Gasteiger partial charge in [-0.1, -0.05) is 13.8 Å². The minimum absolute atomic E-state index is 0.281. The summed E-state index contributed by atoms with van der Waals surface area (Å²) in [5.41, 5.74) is 0. The zero-order valence-electron chi connectivity index (χ0n) is 11.6. The first kappa shape index (κ1) is 14.7. The van der Waals surface area contributed by atoms with Crippen LogP contribution < -0.4 is 4.90 Å². The molecule has 0 aromatic carbocycles. The monoisotopic (exact) mass is 327 g/mol. The number of rotatable bonds is 4. The largest absolute Gasteiger partial charge is 0.396 e. The van der Waals surface area contributed by atoms with Crippen LogP contribution in [-0.2, 0) is 0 Å². The molecule has 0 radical (unpaired) electrons. The van der Waals surface area contributed by atoms with Gasteiger partial charge in [0.1, 0.15) is 16.2 Å². The second kappa shape index (κ2) is 6.66. The van der Waals surface area contributed by atoms with Crippen molar-refractivity contribution in [2.24, 2.45) is 5.92 Å². The SMILES string of the molecule is CC(C)c1nc(Br)cc(N2CCCC(CCO)C2)n1. The van der Waals surface area contributed by atoms with Crippen LogP contribution in [0.25, 0.3) is 0 Å². The van der Waals surface area contributed by atoms with E-state index in [0.29, 0.717) is 11.8 Å². The minimum Gasteiger partial charge on any atom is -0.396 e. The third kappa shape index (κ3) is 3.89. The Morgan fingerprint density at radius 2 is 2.26 bits per heavy atom. The smallest absolute Gasteiger partial charge is 0.134 e. The fourth-order valence-corrected chi connectivity index (χ4v) is 2.92. The van der Waals surface area contributed by atoms with Gasteiger partial charge in [-0.3, -0.25) is 0 Å². The van der Waals surface area contributed by atoms with Crippen LogP contribution in [0.4, 0.5) is 5.82 Å². The highest BCUT2D eigenvalue weighted by Gasteiger charge is 2.21. The van der Waals surface area contributed by atoms with Gasteiger partial charge in [0.2, 0.25) is 0 Å². The van der Waals surface area contributed by atoms with E-state index in [1.165, 1.54) is 12.8 Å². The van der Waals surface area contributed by atoms with E-state index < -0.39 is 0 Å². The molecule has 0 aliphatic carbocycles. The van der Waals surface area contributed by atoms with Gasteiger partial charge < -0.3 is 10.0 Å². The summed E-state index contributed by atoms with van der Waals surface area (Å²) in [6.45, 7) is 6.53. The molecule has 1 unspecified atom stereocenters. The van der Waals surface area contributed by atoms with Gasteiger partial charge in [0.25, 0.3) is 0 Å². The number of anilines is 1. The summed E-state index contributed by atoms with van der Waals surface area (Å²) < 4.78 is 0.852. The van der Waals surface area contributed by atoms with Crippen LogP contribution in [0, 0.1) is 5.92 Å². The van der Waals surface area contributed by atoms with Gasteiger partial charge in [-0.05, 0) is 41.1 Å². The second-order valence-corrected chi connectivity index (χ2v) is 6.34. The maximum Gasteiger partial charge on any atom is 0.134 e.